The van der Waals surface area contributed by atoms with E-state index in [0.717, 1.165) is 48.9 Å². The van der Waals surface area contributed by atoms with Gasteiger partial charge in [0.2, 0.25) is 10.0 Å². The molecule has 0 unspecified atom stereocenters. The van der Waals surface area contributed by atoms with Crippen molar-refractivity contribution in [3.63, 3.8) is 0 Å². The molecule has 9 nitrogen and oxygen atoms in total. The number of hydrogen-bond acceptors (Lipinski definition) is 7. The van der Waals surface area contributed by atoms with Crippen molar-refractivity contribution in [2.75, 3.05) is 24.6 Å². The van der Waals surface area contributed by atoms with Crippen molar-refractivity contribution in [1.82, 2.24) is 4.72 Å². The van der Waals surface area contributed by atoms with E-state index in [1.165, 1.54) is 0 Å². The Hall–Kier alpha value is -3.08. The fourth-order valence-corrected chi connectivity index (χ4v) is 8.09. The Kier molecular flexibility index (Phi) is 10.5. The third-order valence-electron chi connectivity index (χ3n) is 9.10. The summed E-state index contributed by atoms with van der Waals surface area (Å²) in [5.41, 5.74) is 3.17. The van der Waals surface area contributed by atoms with Gasteiger partial charge in [0, 0.05) is 23.7 Å². The Morgan fingerprint density at radius 2 is 1.98 bits per heavy atom. The Morgan fingerprint density at radius 3 is 2.73 bits per heavy atom. The van der Waals surface area contributed by atoms with E-state index in [4.69, 9.17) is 21.1 Å². The van der Waals surface area contributed by atoms with Gasteiger partial charge < -0.3 is 19.5 Å². The second-order valence-corrected chi connectivity index (χ2v) is 14.4. The van der Waals surface area contributed by atoms with Crippen molar-refractivity contribution >= 4 is 39.2 Å². The molecule has 2 bridgehead atoms. The van der Waals surface area contributed by atoms with Crippen LogP contribution in [0.15, 0.2) is 48.6 Å². The van der Waals surface area contributed by atoms with E-state index in [-0.39, 0.29) is 23.5 Å². The quantitative estimate of drug-likeness (QED) is 0.404. The predicted octanol–water partition coefficient (Wildman–Crippen LogP) is 5.75. The largest absolute Gasteiger partial charge is 0.487 e. The van der Waals surface area contributed by atoms with E-state index >= 15 is 0 Å². The predicted molar refractivity (Wildman–Crippen MR) is 170 cm³/mol. The summed E-state index contributed by atoms with van der Waals surface area (Å²) in [6, 6.07) is 10.9. The number of carbonyl (C=O) groups is 2. The molecule has 1 saturated carbocycles. The molecule has 1 fully saturated rings. The van der Waals surface area contributed by atoms with Gasteiger partial charge in [0.05, 0.1) is 17.0 Å². The van der Waals surface area contributed by atoms with E-state index < -0.39 is 33.8 Å². The van der Waals surface area contributed by atoms with Crippen LogP contribution in [-0.2, 0) is 32.6 Å². The first-order chi connectivity index (χ1) is 21.1. The lowest BCUT2D eigenvalue weighted by Gasteiger charge is -2.44. The number of amides is 1. The van der Waals surface area contributed by atoms with E-state index in [2.05, 4.69) is 9.62 Å². The van der Waals surface area contributed by atoms with E-state index in [0.29, 0.717) is 49.7 Å². The number of nitrogens with zero attached hydrogens (tertiary/aromatic N) is 1. The summed E-state index contributed by atoms with van der Waals surface area (Å²) in [4.78, 5) is 27.0. The zero-order valence-electron chi connectivity index (χ0n) is 25.0. The van der Waals surface area contributed by atoms with Crippen molar-refractivity contribution in [3.8, 4) is 5.75 Å². The first-order valence-corrected chi connectivity index (χ1v) is 17.4. The third-order valence-corrected chi connectivity index (χ3v) is 11.3. The minimum atomic E-state index is -3.94. The number of aliphatic carboxylic acids is 1. The number of sulfonamides is 1. The number of carboxylic acids is 1. The number of benzene rings is 2. The monoisotopic (exact) mass is 644 g/mol. The molecule has 44 heavy (non-hydrogen) atoms. The normalized spacial score (nSPS) is 26.4. The van der Waals surface area contributed by atoms with Gasteiger partial charge in [-0.25, -0.2) is 17.9 Å². The zero-order chi connectivity index (χ0) is 31.3. The third kappa shape index (κ3) is 7.76. The molecule has 2 aliphatic heterocycles. The molecule has 2 aromatic carbocycles. The minimum absolute atomic E-state index is 0.115. The maximum Gasteiger partial charge on any atom is 0.329 e. The fourth-order valence-electron chi connectivity index (χ4n) is 6.47. The summed E-state index contributed by atoms with van der Waals surface area (Å²) >= 11 is 6.31. The number of hydrogen-bond donors (Lipinski definition) is 2. The van der Waals surface area contributed by atoms with Crippen molar-refractivity contribution in [3.05, 3.63) is 70.3 Å². The maximum absolute atomic E-state index is 13.4. The Labute approximate surface area is 264 Å². The van der Waals surface area contributed by atoms with Crippen LogP contribution in [-0.4, -0.2) is 56.5 Å². The summed E-state index contributed by atoms with van der Waals surface area (Å²) in [6.45, 7) is 3.09. The summed E-state index contributed by atoms with van der Waals surface area (Å²) in [5.74, 6) is -0.727. The van der Waals surface area contributed by atoms with Crippen LogP contribution < -0.4 is 14.4 Å². The molecule has 2 aromatic rings. The second-order valence-electron chi connectivity index (χ2n) is 12.0. The maximum atomic E-state index is 13.4. The van der Waals surface area contributed by atoms with Crippen LogP contribution in [0.25, 0.3) is 0 Å². The molecule has 1 aliphatic carbocycles. The first-order valence-electron chi connectivity index (χ1n) is 15.5. The average Bonchev–Trinajstić information content (AvgIpc) is 3.00. The van der Waals surface area contributed by atoms with Crippen molar-refractivity contribution in [1.29, 1.82) is 0 Å². The van der Waals surface area contributed by atoms with Gasteiger partial charge in [0.1, 0.15) is 19.0 Å². The minimum Gasteiger partial charge on any atom is -0.487 e. The van der Waals surface area contributed by atoms with Crippen molar-refractivity contribution in [2.45, 2.75) is 76.3 Å². The summed E-state index contributed by atoms with van der Waals surface area (Å²) in [6.07, 6.45) is 9.07. The number of ether oxygens (including phenoxy) is 2. The van der Waals surface area contributed by atoms with Crippen molar-refractivity contribution in [2.24, 2.45) is 11.8 Å². The topological polar surface area (TPSA) is 122 Å². The SMILES string of the molecule is CC[C@@H]1CC/C=C/[C@H](OCC(=O)O)[C@@H]2CC[C@H]2CN2CCCCc3cc(Cl)ccc3COc3ccc(cc32)C(=O)NS1(=O)=O. The number of anilines is 1. The number of halogens is 1. The molecule has 4 atom stereocenters. The van der Waals surface area contributed by atoms with Gasteiger partial charge in [-0.3, -0.25) is 4.79 Å². The van der Waals surface area contributed by atoms with Crippen LogP contribution in [0.4, 0.5) is 5.69 Å². The lowest BCUT2D eigenvalue weighted by molar-refractivity contribution is -0.145. The molecule has 238 valence electrons. The number of fused-ring (bicyclic) bond motifs is 3. The Balaban J connectivity index is 1.53. The molecule has 2 N–H and O–H groups in total. The highest BCUT2D eigenvalue weighted by Crippen LogP contribution is 2.42. The molecular formula is C33H41ClN2O7S. The first kappa shape index (κ1) is 32.3. The zero-order valence-corrected chi connectivity index (χ0v) is 26.6. The van der Waals surface area contributed by atoms with Crippen LogP contribution in [0.5, 0.6) is 5.75 Å². The number of nitrogens with one attached hydrogen (secondary N) is 1. The standard InChI is InChI=1S/C33H41ClN2O7S/c1-2-27-8-3-4-9-30(43-21-32(37)38)28-14-11-24(28)19-36-16-6-5-7-22-17-26(34)13-10-25(22)20-42-31-15-12-23(18-29(31)36)33(39)35-44(27,40)41/h4,9-10,12-13,15,17-18,24,27-28,30H,2-3,5-8,11,14,16,19-21H2,1H3,(H,35,39)(H,37,38)/b9-4+/t24-,27+,28+,30-/m0/s1. The van der Waals surface area contributed by atoms with Gasteiger partial charge in [0.25, 0.3) is 5.91 Å². The molecule has 0 radical (unpaired) electrons. The van der Waals surface area contributed by atoms with E-state index in [1.807, 2.05) is 30.4 Å². The fraction of sp³-hybridized carbons (Fsp3) is 0.515. The number of allylic oxidation sites excluding steroid dienone is 1. The number of carboxylic acid groups (broad SMARTS) is 1. The summed E-state index contributed by atoms with van der Waals surface area (Å²) < 4.78 is 41.1. The van der Waals surface area contributed by atoms with Gasteiger partial charge in [-0.15, -0.1) is 0 Å². The number of aryl methyl sites for hydroxylation is 1. The highest BCUT2D eigenvalue weighted by molar-refractivity contribution is 7.90. The molecule has 2 heterocycles. The van der Waals surface area contributed by atoms with Gasteiger partial charge in [-0.2, -0.15) is 0 Å². The molecule has 5 rings (SSSR count). The highest BCUT2D eigenvalue weighted by Gasteiger charge is 2.38. The lowest BCUT2D eigenvalue weighted by atomic mass is 9.70. The molecule has 0 spiro atoms. The molecule has 11 heteroatoms. The molecule has 1 amide bonds. The van der Waals surface area contributed by atoms with Crippen LogP contribution in [0.2, 0.25) is 5.02 Å². The summed E-state index contributed by atoms with van der Waals surface area (Å²) in [5, 5.41) is 9.25. The second kappa shape index (κ2) is 14.3. The molecular weight excluding hydrogens is 604 g/mol. The van der Waals surface area contributed by atoms with Crippen LogP contribution in [0.1, 0.15) is 73.4 Å². The van der Waals surface area contributed by atoms with Crippen LogP contribution in [0.3, 0.4) is 0 Å². The van der Waals surface area contributed by atoms with Crippen molar-refractivity contribution < 1.29 is 32.6 Å². The lowest BCUT2D eigenvalue weighted by Crippen LogP contribution is -2.44. The Bertz CT molecular complexity index is 1490. The highest BCUT2D eigenvalue weighted by atomic mass is 35.5. The number of rotatable bonds is 4. The Morgan fingerprint density at radius 1 is 1.14 bits per heavy atom. The van der Waals surface area contributed by atoms with Gasteiger partial charge in [0.15, 0.2) is 0 Å². The van der Waals surface area contributed by atoms with E-state index in [1.54, 1.807) is 25.1 Å². The van der Waals surface area contributed by atoms with Gasteiger partial charge in [-0.1, -0.05) is 36.7 Å². The van der Waals surface area contributed by atoms with Gasteiger partial charge >= 0.3 is 5.97 Å². The molecule has 0 aromatic heterocycles. The van der Waals surface area contributed by atoms with E-state index in [9.17, 15) is 23.1 Å². The molecule has 3 aliphatic rings. The number of carbonyl (C=O) groups excluding carboxylic acids is 1. The smallest absolute Gasteiger partial charge is 0.329 e. The van der Waals surface area contributed by atoms with Crippen LogP contribution in [0, 0.1) is 11.8 Å². The van der Waals surface area contributed by atoms with Gasteiger partial charge in [-0.05, 0) is 105 Å². The average molecular weight is 645 g/mol. The van der Waals surface area contributed by atoms with Crippen LogP contribution >= 0.6 is 11.6 Å². The molecule has 0 saturated heterocycles. The summed E-state index contributed by atoms with van der Waals surface area (Å²) in [7, 11) is -3.94.